The maximum Gasteiger partial charge on any atom is 0.169 e. The molecule has 84 valence electrons. The first-order valence-corrected chi connectivity index (χ1v) is 6.84. The molecule has 0 aliphatic heterocycles. The van der Waals surface area contributed by atoms with E-state index in [0.29, 0.717) is 5.78 Å². The standard InChI is InChI=1S/C14H15BrO/c15-11-4-3-10-5-8-14(6-1-2-7-14)13(16)12(10)9-11/h3-4,9H,1-2,5-8H2. The lowest BCUT2D eigenvalue weighted by atomic mass is 9.69. The van der Waals surface area contributed by atoms with Crippen LogP contribution >= 0.6 is 15.9 Å². The minimum Gasteiger partial charge on any atom is -0.294 e. The molecule has 1 saturated carbocycles. The molecular formula is C14H15BrO. The van der Waals surface area contributed by atoms with E-state index < -0.39 is 0 Å². The van der Waals surface area contributed by atoms with Crippen molar-refractivity contribution >= 4 is 21.7 Å². The van der Waals surface area contributed by atoms with E-state index in [-0.39, 0.29) is 5.41 Å². The Morgan fingerprint density at radius 1 is 1.12 bits per heavy atom. The molecule has 0 atom stereocenters. The van der Waals surface area contributed by atoms with Gasteiger partial charge in [0.1, 0.15) is 0 Å². The first-order valence-electron chi connectivity index (χ1n) is 6.05. The van der Waals surface area contributed by atoms with E-state index in [1.807, 2.05) is 12.1 Å². The van der Waals surface area contributed by atoms with Crippen molar-refractivity contribution < 1.29 is 4.79 Å². The smallest absolute Gasteiger partial charge is 0.169 e. The van der Waals surface area contributed by atoms with E-state index in [2.05, 4.69) is 22.0 Å². The number of rotatable bonds is 0. The Hall–Kier alpha value is -0.630. The van der Waals surface area contributed by atoms with Gasteiger partial charge in [0.2, 0.25) is 0 Å². The fourth-order valence-corrected chi connectivity index (χ4v) is 3.64. The second kappa shape index (κ2) is 3.69. The van der Waals surface area contributed by atoms with E-state index >= 15 is 0 Å². The van der Waals surface area contributed by atoms with Gasteiger partial charge in [0, 0.05) is 15.5 Å². The normalized spacial score (nSPS) is 22.4. The lowest BCUT2D eigenvalue weighted by molar-refractivity contribution is 0.0765. The predicted molar refractivity (Wildman–Crippen MR) is 67.7 cm³/mol. The van der Waals surface area contributed by atoms with Crippen molar-refractivity contribution in [2.75, 3.05) is 0 Å². The Morgan fingerprint density at radius 2 is 1.88 bits per heavy atom. The quantitative estimate of drug-likeness (QED) is 0.697. The second-order valence-corrected chi connectivity index (χ2v) is 6.03. The number of fused-ring (bicyclic) bond motifs is 1. The molecule has 1 aromatic carbocycles. The summed E-state index contributed by atoms with van der Waals surface area (Å²) in [5.41, 5.74) is 2.22. The number of ketones is 1. The molecule has 0 unspecified atom stereocenters. The summed E-state index contributed by atoms with van der Waals surface area (Å²) in [6.45, 7) is 0. The van der Waals surface area contributed by atoms with E-state index in [4.69, 9.17) is 0 Å². The van der Waals surface area contributed by atoms with Gasteiger partial charge in [0.25, 0.3) is 0 Å². The van der Waals surface area contributed by atoms with Crippen LogP contribution in [0.4, 0.5) is 0 Å². The zero-order chi connectivity index (χ0) is 11.2. The highest BCUT2D eigenvalue weighted by molar-refractivity contribution is 9.10. The van der Waals surface area contributed by atoms with E-state index in [0.717, 1.165) is 35.7 Å². The molecule has 16 heavy (non-hydrogen) atoms. The Bertz CT molecular complexity index is 444. The van der Waals surface area contributed by atoms with Gasteiger partial charge in [0.15, 0.2) is 5.78 Å². The van der Waals surface area contributed by atoms with Gasteiger partial charge < -0.3 is 0 Å². The third kappa shape index (κ3) is 1.46. The Morgan fingerprint density at radius 3 is 2.62 bits per heavy atom. The lowest BCUT2D eigenvalue weighted by Gasteiger charge is -2.33. The molecule has 1 nitrogen and oxygen atoms in total. The average Bonchev–Trinajstić information content (AvgIpc) is 2.75. The highest BCUT2D eigenvalue weighted by Gasteiger charge is 2.44. The topological polar surface area (TPSA) is 17.1 Å². The van der Waals surface area contributed by atoms with Crippen molar-refractivity contribution in [3.05, 3.63) is 33.8 Å². The summed E-state index contributed by atoms with van der Waals surface area (Å²) >= 11 is 3.46. The third-order valence-corrected chi connectivity index (χ3v) is 4.73. The zero-order valence-corrected chi connectivity index (χ0v) is 10.8. The van der Waals surface area contributed by atoms with Crippen LogP contribution in [0.1, 0.15) is 48.0 Å². The van der Waals surface area contributed by atoms with Crippen molar-refractivity contribution in [2.24, 2.45) is 5.41 Å². The molecule has 1 spiro atoms. The summed E-state index contributed by atoms with van der Waals surface area (Å²) in [5, 5.41) is 0. The summed E-state index contributed by atoms with van der Waals surface area (Å²) in [4.78, 5) is 12.6. The fourth-order valence-electron chi connectivity index (χ4n) is 3.28. The highest BCUT2D eigenvalue weighted by atomic mass is 79.9. The third-order valence-electron chi connectivity index (χ3n) is 4.23. The molecule has 0 radical (unpaired) electrons. The van der Waals surface area contributed by atoms with E-state index in [1.54, 1.807) is 0 Å². The monoisotopic (exact) mass is 278 g/mol. The molecule has 1 aromatic rings. The van der Waals surface area contributed by atoms with Crippen molar-refractivity contribution in [2.45, 2.75) is 38.5 Å². The van der Waals surface area contributed by atoms with Crippen LogP contribution in [0.5, 0.6) is 0 Å². The molecule has 0 N–H and O–H groups in total. The molecule has 0 heterocycles. The molecule has 2 aliphatic carbocycles. The lowest BCUT2D eigenvalue weighted by Crippen LogP contribution is -2.33. The first kappa shape index (κ1) is 10.5. The van der Waals surface area contributed by atoms with Gasteiger partial charge in [-0.25, -0.2) is 0 Å². The summed E-state index contributed by atoms with van der Waals surface area (Å²) in [6, 6.07) is 6.15. The Balaban J connectivity index is 2.07. The van der Waals surface area contributed by atoms with Crippen molar-refractivity contribution in [1.82, 2.24) is 0 Å². The Kier molecular flexibility index (Phi) is 2.43. The van der Waals surface area contributed by atoms with Crippen LogP contribution < -0.4 is 0 Å². The molecule has 2 aliphatic rings. The molecule has 3 rings (SSSR count). The number of aryl methyl sites for hydroxylation is 1. The number of carbonyl (C=O) groups is 1. The summed E-state index contributed by atoms with van der Waals surface area (Å²) in [7, 11) is 0. The largest absolute Gasteiger partial charge is 0.294 e. The maximum atomic E-state index is 12.6. The van der Waals surface area contributed by atoms with Gasteiger partial charge in [0.05, 0.1) is 0 Å². The summed E-state index contributed by atoms with van der Waals surface area (Å²) < 4.78 is 1.02. The average molecular weight is 279 g/mol. The van der Waals surface area contributed by atoms with Crippen LogP contribution in [-0.2, 0) is 6.42 Å². The highest BCUT2D eigenvalue weighted by Crippen LogP contribution is 2.47. The van der Waals surface area contributed by atoms with Gasteiger partial charge in [-0.15, -0.1) is 0 Å². The molecule has 0 aromatic heterocycles. The summed E-state index contributed by atoms with van der Waals surface area (Å²) in [6.07, 6.45) is 6.83. The van der Waals surface area contributed by atoms with Gasteiger partial charge >= 0.3 is 0 Å². The van der Waals surface area contributed by atoms with Crippen LogP contribution in [0.3, 0.4) is 0 Å². The molecule has 1 fully saturated rings. The summed E-state index contributed by atoms with van der Waals surface area (Å²) in [5.74, 6) is 0.410. The number of halogens is 1. The van der Waals surface area contributed by atoms with Gasteiger partial charge in [-0.3, -0.25) is 4.79 Å². The molecule has 0 bridgehead atoms. The zero-order valence-electron chi connectivity index (χ0n) is 9.26. The van der Waals surface area contributed by atoms with Gasteiger partial charge in [-0.05, 0) is 43.4 Å². The van der Waals surface area contributed by atoms with E-state index in [1.165, 1.54) is 18.4 Å². The Labute approximate surface area is 104 Å². The van der Waals surface area contributed by atoms with Crippen LogP contribution in [0.15, 0.2) is 22.7 Å². The fraction of sp³-hybridized carbons (Fsp3) is 0.500. The van der Waals surface area contributed by atoms with Crippen LogP contribution in [0.25, 0.3) is 0 Å². The van der Waals surface area contributed by atoms with Crippen molar-refractivity contribution in [1.29, 1.82) is 0 Å². The van der Waals surface area contributed by atoms with Crippen molar-refractivity contribution in [3.63, 3.8) is 0 Å². The molecule has 0 saturated heterocycles. The molecule has 2 heteroatoms. The van der Waals surface area contributed by atoms with Crippen molar-refractivity contribution in [3.8, 4) is 0 Å². The van der Waals surface area contributed by atoms with Crippen LogP contribution in [0.2, 0.25) is 0 Å². The van der Waals surface area contributed by atoms with Crippen LogP contribution in [0, 0.1) is 5.41 Å². The number of benzene rings is 1. The number of Topliss-reactive ketones (excluding diaryl/α,β-unsaturated/α-hetero) is 1. The van der Waals surface area contributed by atoms with Crippen LogP contribution in [-0.4, -0.2) is 5.78 Å². The maximum absolute atomic E-state index is 12.6. The number of hydrogen-bond donors (Lipinski definition) is 0. The van der Waals surface area contributed by atoms with Gasteiger partial charge in [-0.1, -0.05) is 34.8 Å². The molecular weight excluding hydrogens is 264 g/mol. The SMILES string of the molecule is O=C1c2cc(Br)ccc2CCC12CCCC2. The predicted octanol–water partition coefficient (Wildman–Crippen LogP) is 4.14. The number of hydrogen-bond acceptors (Lipinski definition) is 1. The van der Waals surface area contributed by atoms with E-state index in [9.17, 15) is 4.79 Å². The second-order valence-electron chi connectivity index (χ2n) is 5.12. The first-order chi connectivity index (χ1) is 7.71. The minimum absolute atomic E-state index is 0.00773. The minimum atomic E-state index is 0.00773. The van der Waals surface area contributed by atoms with Gasteiger partial charge in [-0.2, -0.15) is 0 Å². The molecule has 0 amide bonds. The number of carbonyl (C=O) groups excluding carboxylic acids is 1.